The predicted molar refractivity (Wildman–Crippen MR) is 107 cm³/mol. The fourth-order valence-corrected chi connectivity index (χ4v) is 2.54. The van der Waals surface area contributed by atoms with Crippen molar-refractivity contribution in [2.24, 2.45) is 5.10 Å². The number of ether oxygens (including phenoxy) is 1. The highest BCUT2D eigenvalue weighted by Gasteiger charge is 2.04. The molecule has 0 aromatic heterocycles. The smallest absolute Gasteiger partial charge is 0.271 e. The molecule has 0 bridgehead atoms. The van der Waals surface area contributed by atoms with Crippen molar-refractivity contribution < 1.29 is 9.53 Å². The van der Waals surface area contributed by atoms with Crippen LogP contribution in [0, 0.1) is 6.92 Å². The van der Waals surface area contributed by atoms with Crippen LogP contribution >= 0.6 is 0 Å². The minimum atomic E-state index is -0.226. The van der Waals surface area contributed by atoms with E-state index < -0.39 is 0 Å². The molecule has 1 N–H and O–H groups in total. The summed E-state index contributed by atoms with van der Waals surface area (Å²) in [4.78, 5) is 12.1. The van der Waals surface area contributed by atoms with E-state index in [1.54, 1.807) is 18.3 Å². The zero-order valence-electron chi connectivity index (χ0n) is 15.7. The van der Waals surface area contributed by atoms with Crippen molar-refractivity contribution >= 4 is 12.1 Å². The molecule has 0 heterocycles. The number of rotatable bonds is 10. The number of benzene rings is 2. The van der Waals surface area contributed by atoms with Gasteiger partial charge >= 0.3 is 0 Å². The van der Waals surface area contributed by atoms with Crippen molar-refractivity contribution in [3.05, 3.63) is 65.2 Å². The van der Waals surface area contributed by atoms with E-state index in [1.165, 1.54) is 25.7 Å². The topological polar surface area (TPSA) is 50.7 Å². The van der Waals surface area contributed by atoms with E-state index in [9.17, 15) is 4.79 Å². The van der Waals surface area contributed by atoms with Gasteiger partial charge in [0.05, 0.1) is 12.8 Å². The van der Waals surface area contributed by atoms with Gasteiger partial charge in [-0.2, -0.15) is 5.10 Å². The molecule has 2 rings (SSSR count). The Morgan fingerprint density at radius 2 is 1.77 bits per heavy atom. The first kappa shape index (κ1) is 19.7. The Bertz CT molecular complexity index is 708. The molecule has 1 amide bonds. The Labute approximate surface area is 156 Å². The number of para-hydroxylation sites is 1. The SMILES string of the molecule is CCCCCCCOc1ccccc1C=NNC(=O)c1ccc(C)cc1. The van der Waals surface area contributed by atoms with Gasteiger partial charge in [-0.25, -0.2) is 5.43 Å². The van der Waals surface area contributed by atoms with Crippen molar-refractivity contribution in [1.82, 2.24) is 5.43 Å². The molecule has 4 heteroatoms. The number of hydrogen-bond acceptors (Lipinski definition) is 3. The first-order chi connectivity index (χ1) is 12.7. The fraction of sp³-hybridized carbons (Fsp3) is 0.364. The number of hydrogen-bond donors (Lipinski definition) is 1. The Kier molecular flexibility index (Phi) is 8.40. The van der Waals surface area contributed by atoms with Gasteiger partial charge in [0.25, 0.3) is 5.91 Å². The number of hydrazone groups is 1. The molecule has 4 nitrogen and oxygen atoms in total. The zero-order valence-corrected chi connectivity index (χ0v) is 15.7. The van der Waals surface area contributed by atoms with Crippen LogP contribution in [0.5, 0.6) is 5.75 Å². The fourth-order valence-electron chi connectivity index (χ4n) is 2.54. The van der Waals surface area contributed by atoms with Gasteiger partial charge in [-0.05, 0) is 37.6 Å². The third kappa shape index (κ3) is 6.71. The van der Waals surface area contributed by atoms with E-state index >= 15 is 0 Å². The summed E-state index contributed by atoms with van der Waals surface area (Å²) < 4.78 is 5.87. The highest BCUT2D eigenvalue weighted by atomic mass is 16.5. The van der Waals surface area contributed by atoms with Gasteiger partial charge in [0.15, 0.2) is 0 Å². The second kappa shape index (κ2) is 11.1. The first-order valence-corrected chi connectivity index (χ1v) is 9.32. The molecule has 0 saturated heterocycles. The number of carbonyl (C=O) groups is 1. The standard InChI is InChI=1S/C22H28N2O2/c1-3-4-5-6-9-16-26-21-11-8-7-10-20(21)17-23-24-22(25)19-14-12-18(2)13-15-19/h7-8,10-15,17H,3-6,9,16H2,1-2H3,(H,24,25). The molecule has 2 aromatic rings. The quantitative estimate of drug-likeness (QED) is 0.367. The third-order valence-electron chi connectivity index (χ3n) is 4.11. The number of aryl methyl sites for hydroxylation is 1. The van der Waals surface area contributed by atoms with Crippen molar-refractivity contribution in [3.63, 3.8) is 0 Å². The van der Waals surface area contributed by atoms with Gasteiger partial charge in [-0.3, -0.25) is 4.79 Å². The summed E-state index contributed by atoms with van der Waals surface area (Å²) >= 11 is 0. The predicted octanol–water partition coefficient (Wildman–Crippen LogP) is 5.11. The van der Waals surface area contributed by atoms with E-state index in [1.807, 2.05) is 43.3 Å². The van der Waals surface area contributed by atoms with Gasteiger partial charge in [0.2, 0.25) is 0 Å². The molecule has 0 unspecified atom stereocenters. The highest BCUT2D eigenvalue weighted by molar-refractivity contribution is 5.95. The molecule has 26 heavy (non-hydrogen) atoms. The van der Waals surface area contributed by atoms with Crippen LogP contribution in [0.15, 0.2) is 53.6 Å². The van der Waals surface area contributed by atoms with Crippen LogP contribution in [0.4, 0.5) is 0 Å². The van der Waals surface area contributed by atoms with Crippen molar-refractivity contribution in [1.29, 1.82) is 0 Å². The van der Waals surface area contributed by atoms with E-state index in [0.717, 1.165) is 23.3 Å². The van der Waals surface area contributed by atoms with Crippen molar-refractivity contribution in [2.45, 2.75) is 46.0 Å². The summed E-state index contributed by atoms with van der Waals surface area (Å²) in [5.74, 6) is 0.562. The summed E-state index contributed by atoms with van der Waals surface area (Å²) in [6, 6.07) is 15.1. The van der Waals surface area contributed by atoms with Gasteiger partial charge in [0, 0.05) is 11.1 Å². The Morgan fingerprint density at radius 3 is 2.54 bits per heavy atom. The van der Waals surface area contributed by atoms with Gasteiger partial charge in [0.1, 0.15) is 5.75 Å². The lowest BCUT2D eigenvalue weighted by Gasteiger charge is -2.08. The number of unbranched alkanes of at least 4 members (excludes halogenated alkanes) is 4. The highest BCUT2D eigenvalue weighted by Crippen LogP contribution is 2.16. The van der Waals surface area contributed by atoms with Crippen LogP contribution in [0.1, 0.15) is 60.5 Å². The van der Waals surface area contributed by atoms with Crippen LogP contribution in [0.3, 0.4) is 0 Å². The molecule has 0 spiro atoms. The third-order valence-corrected chi connectivity index (χ3v) is 4.11. The van der Waals surface area contributed by atoms with E-state index in [2.05, 4.69) is 17.5 Å². The molecule has 0 atom stereocenters. The molecule has 2 aromatic carbocycles. The Balaban J connectivity index is 1.85. The molecule has 138 valence electrons. The van der Waals surface area contributed by atoms with Crippen LogP contribution in [-0.2, 0) is 0 Å². The molecule has 0 fully saturated rings. The molecular formula is C22H28N2O2. The molecule has 0 radical (unpaired) electrons. The number of nitrogens with one attached hydrogen (secondary N) is 1. The normalized spacial score (nSPS) is 10.8. The summed E-state index contributed by atoms with van der Waals surface area (Å²) in [5, 5.41) is 4.07. The number of amides is 1. The maximum absolute atomic E-state index is 12.1. The maximum Gasteiger partial charge on any atom is 0.271 e. The molecule has 0 aliphatic rings. The van der Waals surface area contributed by atoms with Gasteiger partial charge < -0.3 is 4.74 Å². The number of carbonyl (C=O) groups excluding carboxylic acids is 1. The lowest BCUT2D eigenvalue weighted by molar-refractivity contribution is 0.0955. The molecule has 0 aliphatic carbocycles. The second-order valence-electron chi connectivity index (χ2n) is 6.37. The van der Waals surface area contributed by atoms with Crippen LogP contribution < -0.4 is 10.2 Å². The summed E-state index contributed by atoms with van der Waals surface area (Å²) in [5.41, 5.74) is 5.12. The summed E-state index contributed by atoms with van der Waals surface area (Å²) in [6.07, 6.45) is 7.65. The minimum absolute atomic E-state index is 0.226. The molecule has 0 saturated carbocycles. The van der Waals surface area contributed by atoms with Gasteiger partial charge in [-0.15, -0.1) is 0 Å². The van der Waals surface area contributed by atoms with Crippen molar-refractivity contribution in [3.8, 4) is 5.75 Å². The molecule has 0 aliphatic heterocycles. The molecular weight excluding hydrogens is 324 g/mol. The van der Waals surface area contributed by atoms with Crippen LogP contribution in [0.2, 0.25) is 0 Å². The summed E-state index contributed by atoms with van der Waals surface area (Å²) in [7, 11) is 0. The average molecular weight is 352 g/mol. The number of nitrogens with zero attached hydrogens (tertiary/aromatic N) is 1. The zero-order chi connectivity index (χ0) is 18.6. The van der Waals surface area contributed by atoms with Gasteiger partial charge in [-0.1, -0.05) is 62.4 Å². The largest absolute Gasteiger partial charge is 0.493 e. The second-order valence-corrected chi connectivity index (χ2v) is 6.37. The van der Waals surface area contributed by atoms with Crippen molar-refractivity contribution in [2.75, 3.05) is 6.61 Å². The Hall–Kier alpha value is -2.62. The van der Waals surface area contributed by atoms with E-state index in [-0.39, 0.29) is 5.91 Å². The minimum Gasteiger partial charge on any atom is -0.493 e. The van der Waals surface area contributed by atoms with E-state index in [0.29, 0.717) is 12.2 Å². The summed E-state index contributed by atoms with van der Waals surface area (Å²) in [6.45, 7) is 4.90. The van der Waals surface area contributed by atoms with Crippen LogP contribution in [0.25, 0.3) is 0 Å². The Morgan fingerprint density at radius 1 is 1.04 bits per heavy atom. The van der Waals surface area contributed by atoms with E-state index in [4.69, 9.17) is 4.74 Å². The lowest BCUT2D eigenvalue weighted by Crippen LogP contribution is -2.17. The lowest BCUT2D eigenvalue weighted by atomic mass is 10.1. The monoisotopic (exact) mass is 352 g/mol. The van der Waals surface area contributed by atoms with Crippen LogP contribution in [-0.4, -0.2) is 18.7 Å². The maximum atomic E-state index is 12.1. The average Bonchev–Trinajstić information content (AvgIpc) is 2.66. The first-order valence-electron chi connectivity index (χ1n) is 9.32.